The first-order valence-corrected chi connectivity index (χ1v) is 40.5. The van der Waals surface area contributed by atoms with E-state index in [0.717, 1.165) is 186 Å². The second kappa shape index (κ2) is 47.0. The molecule has 0 saturated carbocycles. The summed E-state index contributed by atoms with van der Waals surface area (Å²) in [6, 6.07) is 52.1. The molecule has 0 fully saturated rings. The van der Waals surface area contributed by atoms with Crippen LogP contribution in [0.4, 0.5) is 0 Å². The van der Waals surface area contributed by atoms with E-state index in [2.05, 4.69) is 64.1 Å². The van der Waals surface area contributed by atoms with Gasteiger partial charge in [0.15, 0.2) is 0 Å². The summed E-state index contributed by atoms with van der Waals surface area (Å²) in [4.78, 5) is 47.1. The van der Waals surface area contributed by atoms with Crippen molar-refractivity contribution in [2.45, 2.75) is 166 Å². The number of rotatable bonds is 31. The summed E-state index contributed by atoms with van der Waals surface area (Å²) in [5, 5.41) is 18.7. The Balaban J connectivity index is 0.000000234. The van der Waals surface area contributed by atoms with Gasteiger partial charge in [-0.1, -0.05) is 97.4 Å². The molecule has 5 unspecified atom stereocenters. The van der Waals surface area contributed by atoms with Gasteiger partial charge in [-0.2, -0.15) is 0 Å². The Hall–Kier alpha value is -12.1. The fourth-order valence-electron chi connectivity index (χ4n) is 14.6. The van der Waals surface area contributed by atoms with Crippen LogP contribution in [0.15, 0.2) is 158 Å². The van der Waals surface area contributed by atoms with Crippen molar-refractivity contribution in [2.75, 3.05) is 91.4 Å². The lowest BCUT2D eigenvalue weighted by Crippen LogP contribution is -2.12. The van der Waals surface area contributed by atoms with Crippen LogP contribution in [-0.4, -0.2) is 126 Å². The van der Waals surface area contributed by atoms with Gasteiger partial charge in [0, 0.05) is 40.7 Å². The number of aryl methyl sites for hydroxylation is 8. The molecule has 19 heteroatoms. The number of carbonyl (C=O) groups excluding carboxylic acids is 2. The maximum Gasteiger partial charge on any atom is 0.306 e. The van der Waals surface area contributed by atoms with Crippen molar-refractivity contribution in [3.8, 4) is 63.2 Å². The summed E-state index contributed by atoms with van der Waals surface area (Å²) >= 11 is 0. The SMILES string of the molecule is CCOC(=O)CC(c1ccc(C)c(OC)c1)c1cc(C)c(C)c(OC)c1.CCOC(=O)CC(c1ccc(C)cc1)c1cc(C)c(C)c(OC)c1.COc1cc(C(C)c2cc(OC)c(C)c(OC)c2)c(OC)cc1C.COc1cc(C(CC(=O)O)c2cc(C)c(C)c(OC)c2)ccc1C.COc1ccc(C(CC(=O)O)c2cc(C)c(C)c(OC)c2)cc1. The van der Waals surface area contributed by atoms with Crippen LogP contribution < -0.4 is 52.1 Å². The average Bonchev–Trinajstić information content (AvgIpc) is 0.815. The molecular formula is C102H126O19. The molecule has 19 nitrogen and oxygen atoms in total. The van der Waals surface area contributed by atoms with E-state index in [9.17, 15) is 29.4 Å². The van der Waals surface area contributed by atoms with Gasteiger partial charge < -0.3 is 71.8 Å². The molecule has 0 aliphatic rings. The van der Waals surface area contributed by atoms with E-state index in [-0.39, 0.29) is 60.8 Å². The van der Waals surface area contributed by atoms with Gasteiger partial charge in [0.2, 0.25) is 0 Å². The quantitative estimate of drug-likeness (QED) is 0.0385. The normalized spacial score (nSPS) is 11.8. The summed E-state index contributed by atoms with van der Waals surface area (Å²) in [5.41, 5.74) is 24.3. The smallest absolute Gasteiger partial charge is 0.306 e. The van der Waals surface area contributed by atoms with Crippen molar-refractivity contribution in [1.82, 2.24) is 0 Å². The summed E-state index contributed by atoms with van der Waals surface area (Å²) in [6.45, 7) is 32.8. The third kappa shape index (κ3) is 26.4. The summed E-state index contributed by atoms with van der Waals surface area (Å²) in [5.74, 6) is 6.26. The van der Waals surface area contributed by atoms with Crippen molar-refractivity contribution in [3.63, 3.8) is 0 Å². The second-order valence-corrected chi connectivity index (χ2v) is 30.1. The highest BCUT2D eigenvalue weighted by molar-refractivity contribution is 5.73. The van der Waals surface area contributed by atoms with Gasteiger partial charge in [-0.25, -0.2) is 0 Å². The number of carboxylic acids is 2. The summed E-state index contributed by atoms with van der Waals surface area (Å²) in [7, 11) is 18.2. The fraction of sp³-hybridized carbons (Fsp3) is 0.373. The van der Waals surface area contributed by atoms with Gasteiger partial charge in [0.25, 0.3) is 0 Å². The molecule has 0 heterocycles. The van der Waals surface area contributed by atoms with Crippen LogP contribution in [0, 0.1) is 90.0 Å². The zero-order valence-corrected chi connectivity index (χ0v) is 76.0. The number of aliphatic carboxylic acids is 2. The largest absolute Gasteiger partial charge is 0.497 e. The zero-order chi connectivity index (χ0) is 89.6. The molecule has 0 radical (unpaired) electrons. The topological polar surface area (TPSA) is 229 Å². The van der Waals surface area contributed by atoms with Gasteiger partial charge in [0.05, 0.1) is 117 Å². The molecule has 0 aliphatic heterocycles. The van der Waals surface area contributed by atoms with Crippen molar-refractivity contribution >= 4 is 23.9 Å². The lowest BCUT2D eigenvalue weighted by molar-refractivity contribution is -0.144. The minimum Gasteiger partial charge on any atom is -0.497 e. The minimum absolute atomic E-state index is 0.0118. The highest BCUT2D eigenvalue weighted by atomic mass is 16.5. The second-order valence-electron chi connectivity index (χ2n) is 30.1. The van der Waals surface area contributed by atoms with Gasteiger partial charge in [-0.05, 0) is 288 Å². The Kier molecular flexibility index (Phi) is 38.0. The zero-order valence-electron chi connectivity index (χ0n) is 76.0. The van der Waals surface area contributed by atoms with Crippen LogP contribution in [0.2, 0.25) is 0 Å². The lowest BCUT2D eigenvalue weighted by atomic mass is 9.86. The average molecular weight is 1660 g/mol. The Labute approximate surface area is 717 Å². The van der Waals surface area contributed by atoms with E-state index in [1.54, 1.807) is 78.2 Å². The van der Waals surface area contributed by atoms with Gasteiger partial charge in [-0.3, -0.25) is 19.2 Å². The third-order valence-electron chi connectivity index (χ3n) is 22.3. The predicted octanol–water partition coefficient (Wildman–Crippen LogP) is 22.1. The molecule has 10 aromatic rings. The molecule has 5 atom stereocenters. The first-order chi connectivity index (χ1) is 57.6. The maximum absolute atomic E-state index is 12.2. The molecule has 10 rings (SSSR count). The third-order valence-corrected chi connectivity index (χ3v) is 22.3. The Morgan fingerprint density at radius 2 is 0.537 bits per heavy atom. The summed E-state index contributed by atoms with van der Waals surface area (Å²) < 4.78 is 70.4. The minimum atomic E-state index is -0.836. The summed E-state index contributed by atoms with van der Waals surface area (Å²) in [6.07, 6.45) is 0.629. The molecule has 0 saturated heterocycles. The number of benzene rings is 10. The molecule has 121 heavy (non-hydrogen) atoms. The highest BCUT2D eigenvalue weighted by Crippen LogP contribution is 2.43. The first kappa shape index (κ1) is 97.7. The molecule has 10 aromatic carbocycles. The molecule has 2 N–H and O–H groups in total. The van der Waals surface area contributed by atoms with Crippen molar-refractivity contribution in [3.05, 3.63) is 286 Å². The van der Waals surface area contributed by atoms with Crippen LogP contribution >= 0.6 is 0 Å². The number of hydrogen-bond donors (Lipinski definition) is 2. The highest BCUT2D eigenvalue weighted by Gasteiger charge is 2.27. The maximum atomic E-state index is 12.2. The molecule has 0 amide bonds. The van der Waals surface area contributed by atoms with Crippen LogP contribution in [0.25, 0.3) is 0 Å². The number of carboxylic acid groups (broad SMARTS) is 2. The fourth-order valence-corrected chi connectivity index (χ4v) is 14.6. The van der Waals surface area contributed by atoms with Crippen LogP contribution in [0.5, 0.6) is 63.2 Å². The van der Waals surface area contributed by atoms with E-state index in [0.29, 0.717) is 19.6 Å². The van der Waals surface area contributed by atoms with Gasteiger partial charge in [0.1, 0.15) is 63.2 Å². The molecule has 0 bridgehead atoms. The monoisotopic (exact) mass is 1650 g/mol. The number of esters is 2. The van der Waals surface area contributed by atoms with Gasteiger partial charge >= 0.3 is 23.9 Å². The lowest BCUT2D eigenvalue weighted by Gasteiger charge is -2.21. The van der Waals surface area contributed by atoms with E-state index in [4.69, 9.17) is 61.6 Å². The Morgan fingerprint density at radius 1 is 0.264 bits per heavy atom. The van der Waals surface area contributed by atoms with E-state index >= 15 is 0 Å². The molecule has 0 spiro atoms. The number of hydrogen-bond acceptors (Lipinski definition) is 17. The number of carbonyl (C=O) groups is 4. The molecule has 0 aromatic heterocycles. The molecule has 0 aliphatic carbocycles. The van der Waals surface area contributed by atoms with Crippen LogP contribution in [-0.2, 0) is 28.7 Å². The van der Waals surface area contributed by atoms with Crippen molar-refractivity contribution < 1.29 is 91.0 Å². The predicted molar refractivity (Wildman–Crippen MR) is 480 cm³/mol. The molecular weight excluding hydrogens is 1530 g/mol. The van der Waals surface area contributed by atoms with Gasteiger partial charge in [-0.15, -0.1) is 0 Å². The Bertz CT molecular complexity index is 5090. The van der Waals surface area contributed by atoms with Crippen molar-refractivity contribution in [2.24, 2.45) is 0 Å². The van der Waals surface area contributed by atoms with E-state index in [1.165, 1.54) is 5.56 Å². The van der Waals surface area contributed by atoms with Crippen molar-refractivity contribution in [1.29, 1.82) is 0 Å². The molecule has 648 valence electrons. The Morgan fingerprint density at radius 3 is 0.851 bits per heavy atom. The van der Waals surface area contributed by atoms with E-state index in [1.807, 2.05) is 204 Å². The van der Waals surface area contributed by atoms with E-state index < -0.39 is 11.9 Å². The standard InChI is InChI=1S/C22H28O4.C21H26O3.C20H26O4.C20H24O4.C19H22O4/c1-7-26-22(23)13-19(17-9-8-14(2)20(11-17)24-5)18-10-15(3)16(4)21(12-18)25-6;1-6-24-21(22)13-19(17-9-7-14(2)8-10-17)18-11-15(3)16(4)20(12-18)23-5;1-12-8-20(24-7)16(11-17(12)21-4)13(2)15-9-18(22-5)14(3)19(10-15)23-6;1-12-6-7-15(9-18(12)23-4)17(11-20(21)22)16-8-13(2)14(3)19(10-16)24-5;1-12-9-15(10-18(23-4)13(12)2)17(11-19(20)21)14-5-7-16(22-3)8-6-14/h8-12,19H,7,13H2,1-6H3;7-12,19H,6,13H2,1-5H3;8-11,13H,1-7H3;6-10,17H,11H2,1-5H3,(H,21,22);5-10,17H,11H2,1-4H3,(H,20,21). The van der Waals surface area contributed by atoms with Crippen LogP contribution in [0.1, 0.15) is 204 Å². The number of methoxy groups -OCH3 is 11. The number of ether oxygens (including phenoxy) is 13. The first-order valence-electron chi connectivity index (χ1n) is 40.5. The van der Waals surface area contributed by atoms with Crippen LogP contribution in [0.3, 0.4) is 0 Å².